The number of nitrogens with one attached hydrogen (secondary N) is 3. The highest BCUT2D eigenvalue weighted by molar-refractivity contribution is 5.57. The van der Waals surface area contributed by atoms with E-state index in [4.69, 9.17) is 0 Å². The lowest BCUT2D eigenvalue weighted by Gasteiger charge is -2.31. The van der Waals surface area contributed by atoms with E-state index in [0.717, 1.165) is 31.9 Å². The Morgan fingerprint density at radius 1 is 1.23 bits per heavy atom. The van der Waals surface area contributed by atoms with E-state index in [2.05, 4.69) is 30.7 Å². The molecule has 1 fully saturated rings. The number of ether oxygens (including phenoxy) is 1. The monoisotopic (exact) mass is 498 g/mol. The third-order valence-electron chi connectivity index (χ3n) is 5.80. The Bertz CT molecular complexity index is 986. The van der Waals surface area contributed by atoms with Gasteiger partial charge in [-0.25, -0.2) is 4.98 Å². The van der Waals surface area contributed by atoms with Crippen LogP contribution in [-0.2, 0) is 6.54 Å². The van der Waals surface area contributed by atoms with Gasteiger partial charge in [-0.3, -0.25) is 10.1 Å². The summed E-state index contributed by atoms with van der Waals surface area (Å²) in [5.41, 5.74) is -0.0642. The molecule has 1 aromatic carbocycles. The van der Waals surface area contributed by atoms with Crippen molar-refractivity contribution in [3.05, 3.63) is 46.1 Å². The van der Waals surface area contributed by atoms with Gasteiger partial charge in [0.25, 0.3) is 0 Å². The van der Waals surface area contributed by atoms with Crippen LogP contribution in [0, 0.1) is 16.0 Å². The Hall–Kier alpha value is -3.19. The molecule has 0 bridgehead atoms. The average Bonchev–Trinajstić information content (AvgIpc) is 2.82. The molecule has 1 atom stereocenters. The number of aromatic nitrogens is 2. The van der Waals surface area contributed by atoms with Crippen LogP contribution < -0.4 is 20.7 Å². The number of halogens is 3. The first-order chi connectivity index (χ1) is 16.6. The fourth-order valence-electron chi connectivity index (χ4n) is 4.00. The Kier molecular flexibility index (Phi) is 9.04. The number of nitrogens with zero attached hydrogens (tertiary/aromatic N) is 3. The molecule has 1 heterocycles. The van der Waals surface area contributed by atoms with E-state index >= 15 is 0 Å². The normalized spacial score (nSPS) is 19.1. The number of para-hydroxylation sites is 1. The molecule has 0 radical (unpaired) electrons. The van der Waals surface area contributed by atoms with Gasteiger partial charge in [0.15, 0.2) is 0 Å². The molecule has 1 saturated carbocycles. The molecule has 0 saturated heterocycles. The minimum atomic E-state index is -4.83. The third-order valence-corrected chi connectivity index (χ3v) is 5.80. The maximum Gasteiger partial charge on any atom is 0.573 e. The molecule has 1 aromatic heterocycles. The Morgan fingerprint density at radius 2 is 1.94 bits per heavy atom. The zero-order valence-electron chi connectivity index (χ0n) is 19.2. The smallest absolute Gasteiger partial charge is 0.405 e. The highest BCUT2D eigenvalue weighted by atomic mass is 19.4. The van der Waals surface area contributed by atoms with Gasteiger partial charge in [-0.05, 0) is 44.6 Å². The number of hydrogen-bond acceptors (Lipinski definition) is 9. The fourth-order valence-corrected chi connectivity index (χ4v) is 4.00. The van der Waals surface area contributed by atoms with Crippen molar-refractivity contribution in [3.8, 4) is 5.75 Å². The molecule has 1 aliphatic rings. The van der Waals surface area contributed by atoms with Crippen molar-refractivity contribution in [1.29, 1.82) is 0 Å². The predicted molar refractivity (Wildman–Crippen MR) is 123 cm³/mol. The van der Waals surface area contributed by atoms with Gasteiger partial charge in [0.2, 0.25) is 11.8 Å². The summed E-state index contributed by atoms with van der Waals surface area (Å²) in [7, 11) is 0. The molecular formula is C22H29F3N6O4. The summed E-state index contributed by atoms with van der Waals surface area (Å²) in [4.78, 5) is 19.0. The summed E-state index contributed by atoms with van der Waals surface area (Å²) < 4.78 is 41.9. The second-order valence-electron chi connectivity index (χ2n) is 8.54. The van der Waals surface area contributed by atoms with Gasteiger partial charge < -0.3 is 25.8 Å². The first-order valence-corrected chi connectivity index (χ1v) is 11.3. The largest absolute Gasteiger partial charge is 0.573 e. The maximum absolute atomic E-state index is 12.6. The lowest BCUT2D eigenvalue weighted by atomic mass is 9.85. The lowest BCUT2D eigenvalue weighted by Crippen LogP contribution is -2.41. The van der Waals surface area contributed by atoms with E-state index in [1.807, 2.05) is 6.92 Å². The van der Waals surface area contributed by atoms with Gasteiger partial charge in [-0.1, -0.05) is 18.2 Å². The minimum absolute atomic E-state index is 0.0332. The van der Waals surface area contributed by atoms with Crippen LogP contribution in [0.2, 0.25) is 0 Å². The average molecular weight is 499 g/mol. The highest BCUT2D eigenvalue weighted by Gasteiger charge is 2.32. The van der Waals surface area contributed by atoms with Crippen molar-refractivity contribution in [1.82, 2.24) is 15.3 Å². The molecule has 35 heavy (non-hydrogen) atoms. The van der Waals surface area contributed by atoms with Gasteiger partial charge in [-0.2, -0.15) is 4.98 Å². The maximum atomic E-state index is 12.6. The zero-order chi connectivity index (χ0) is 25.4. The van der Waals surface area contributed by atoms with Crippen molar-refractivity contribution in [3.63, 3.8) is 0 Å². The molecule has 3 rings (SSSR count). The van der Waals surface area contributed by atoms with E-state index in [0.29, 0.717) is 18.5 Å². The molecular weight excluding hydrogens is 469 g/mol. The standard InChI is InChI=1S/C22H29F3N6O4/c1-14(13-32)29-17-8-6-15(7-9-17)10-26-20-18(31(33)34)12-28-21(30-20)27-11-16-4-2-3-5-19(16)35-22(23,24)25/h2-5,12,14-15,17,29,32H,6-11,13H2,1H3,(H2,26,27,28,30)/t14-,15?,17?/m0/s1. The van der Waals surface area contributed by atoms with Crippen LogP contribution in [0.1, 0.15) is 38.2 Å². The number of anilines is 2. The molecule has 192 valence electrons. The number of nitro groups is 1. The number of alkyl halides is 3. The number of hydrogen-bond donors (Lipinski definition) is 4. The molecule has 10 nitrogen and oxygen atoms in total. The van der Waals surface area contributed by atoms with Crippen LogP contribution in [0.15, 0.2) is 30.5 Å². The van der Waals surface area contributed by atoms with E-state index in [-0.39, 0.29) is 48.0 Å². The van der Waals surface area contributed by atoms with Crippen molar-refractivity contribution in [2.75, 3.05) is 23.8 Å². The second-order valence-corrected chi connectivity index (χ2v) is 8.54. The molecule has 1 aliphatic carbocycles. The SMILES string of the molecule is C[C@@H](CO)NC1CCC(CNc2nc(NCc3ccccc3OC(F)(F)F)ncc2[N+](=O)[O-])CC1. The molecule has 0 spiro atoms. The van der Waals surface area contributed by atoms with Crippen molar-refractivity contribution < 1.29 is 27.9 Å². The van der Waals surface area contributed by atoms with Crippen molar-refractivity contribution >= 4 is 17.5 Å². The molecule has 2 aromatic rings. The van der Waals surface area contributed by atoms with Crippen LogP contribution >= 0.6 is 0 Å². The van der Waals surface area contributed by atoms with Gasteiger partial charge in [0.05, 0.1) is 11.5 Å². The molecule has 0 aliphatic heterocycles. The van der Waals surface area contributed by atoms with Crippen LogP contribution in [0.5, 0.6) is 5.75 Å². The van der Waals surface area contributed by atoms with Gasteiger partial charge in [0, 0.05) is 30.7 Å². The van der Waals surface area contributed by atoms with E-state index < -0.39 is 11.3 Å². The first kappa shape index (κ1) is 26.4. The molecule has 0 amide bonds. The van der Waals surface area contributed by atoms with Crippen LogP contribution in [0.3, 0.4) is 0 Å². The molecule has 13 heteroatoms. The highest BCUT2D eigenvalue weighted by Crippen LogP contribution is 2.29. The second kappa shape index (κ2) is 12.0. The number of benzene rings is 1. The van der Waals surface area contributed by atoms with Gasteiger partial charge in [-0.15, -0.1) is 13.2 Å². The van der Waals surface area contributed by atoms with Crippen molar-refractivity contribution in [2.45, 2.75) is 57.6 Å². The Morgan fingerprint density at radius 3 is 2.60 bits per heavy atom. The van der Waals surface area contributed by atoms with E-state index in [1.165, 1.54) is 18.2 Å². The molecule has 4 N–H and O–H groups in total. The Labute approximate surface area is 200 Å². The number of aliphatic hydroxyl groups excluding tert-OH is 1. The van der Waals surface area contributed by atoms with Gasteiger partial charge >= 0.3 is 12.0 Å². The quantitative estimate of drug-likeness (QED) is 0.269. The lowest BCUT2D eigenvalue weighted by molar-refractivity contribution is -0.384. The Balaban J connectivity index is 1.61. The van der Waals surface area contributed by atoms with Crippen LogP contribution in [0.4, 0.5) is 30.6 Å². The summed E-state index contributed by atoms with van der Waals surface area (Å²) in [6.45, 7) is 2.42. The summed E-state index contributed by atoms with van der Waals surface area (Å²) in [6.07, 6.45) is -0.0503. The zero-order valence-corrected chi connectivity index (χ0v) is 19.2. The molecule has 0 unspecified atom stereocenters. The number of rotatable bonds is 11. The minimum Gasteiger partial charge on any atom is -0.405 e. The van der Waals surface area contributed by atoms with Crippen LogP contribution in [0.25, 0.3) is 0 Å². The predicted octanol–water partition coefficient (Wildman–Crippen LogP) is 3.84. The summed E-state index contributed by atoms with van der Waals surface area (Å²) in [5.74, 6) is 0.0216. The third kappa shape index (κ3) is 8.21. The fraction of sp³-hybridized carbons (Fsp3) is 0.545. The van der Waals surface area contributed by atoms with E-state index in [1.54, 1.807) is 6.07 Å². The number of aliphatic hydroxyl groups is 1. The summed E-state index contributed by atoms with van der Waals surface area (Å²) in [6, 6.07) is 6.02. The van der Waals surface area contributed by atoms with Gasteiger partial charge in [0.1, 0.15) is 11.9 Å². The topological polar surface area (TPSA) is 134 Å². The van der Waals surface area contributed by atoms with Crippen molar-refractivity contribution in [2.24, 2.45) is 5.92 Å². The summed E-state index contributed by atoms with van der Waals surface area (Å²) in [5, 5.41) is 29.8. The van der Waals surface area contributed by atoms with E-state index in [9.17, 15) is 28.4 Å². The summed E-state index contributed by atoms with van der Waals surface area (Å²) >= 11 is 0. The first-order valence-electron chi connectivity index (χ1n) is 11.3. The van der Waals surface area contributed by atoms with Crippen LogP contribution in [-0.4, -0.2) is 51.6 Å².